The van der Waals surface area contributed by atoms with E-state index < -0.39 is 24.1 Å². The highest BCUT2D eigenvalue weighted by molar-refractivity contribution is 5.74. The lowest BCUT2D eigenvalue weighted by molar-refractivity contribution is -0.147. The predicted molar refractivity (Wildman–Crippen MR) is 86.3 cm³/mol. The molecule has 134 valence electrons. The third kappa shape index (κ3) is 5.79. The number of rotatable bonds is 5. The van der Waals surface area contributed by atoms with Crippen molar-refractivity contribution in [2.24, 2.45) is 0 Å². The summed E-state index contributed by atoms with van der Waals surface area (Å²) >= 11 is 0. The zero-order valence-corrected chi connectivity index (χ0v) is 13.2. The number of methoxy groups -OCH3 is 1. The van der Waals surface area contributed by atoms with E-state index in [1.165, 1.54) is 25.3 Å². The highest BCUT2D eigenvalue weighted by Gasteiger charge is 2.17. The van der Waals surface area contributed by atoms with Crippen LogP contribution in [0.25, 0.3) is 0 Å². The third-order valence-corrected chi connectivity index (χ3v) is 3.10. The molecule has 2 atom stereocenters. The van der Waals surface area contributed by atoms with Gasteiger partial charge >= 0.3 is 11.9 Å². The van der Waals surface area contributed by atoms with E-state index in [1.807, 2.05) is 0 Å². The molecule has 5 N–H and O–H groups in total. The van der Waals surface area contributed by atoms with Crippen LogP contribution in [-0.2, 0) is 9.59 Å². The molecular weight excluding hydrogens is 332 g/mol. The molecule has 2 unspecified atom stereocenters. The highest BCUT2D eigenvalue weighted by atomic mass is 16.5. The van der Waals surface area contributed by atoms with Crippen LogP contribution in [0.4, 0.5) is 0 Å². The fourth-order valence-electron chi connectivity index (χ4n) is 1.78. The molecule has 0 bridgehead atoms. The van der Waals surface area contributed by atoms with Crippen molar-refractivity contribution in [3.8, 4) is 11.5 Å². The van der Waals surface area contributed by atoms with Crippen molar-refractivity contribution in [3.63, 3.8) is 0 Å². The lowest BCUT2D eigenvalue weighted by Gasteiger charge is -2.08. The molecule has 2 aromatic carbocycles. The summed E-state index contributed by atoms with van der Waals surface area (Å²) in [5, 5.41) is 44.3. The standard InChI is InChI=1S/C9H10O5.C8H8O3/c1-14-7-4-5(2-3-6(7)10)8(11)9(12)13;9-7(8(10)11)6-4-2-1-3-5-6/h2-4,8,10-11H,1H3,(H,12,13);1-5,7,9H,(H,10,11). The molecule has 2 rings (SSSR count). The van der Waals surface area contributed by atoms with E-state index in [1.54, 1.807) is 30.3 Å². The molecule has 0 saturated heterocycles. The number of carbonyl (C=O) groups is 2. The second kappa shape index (κ2) is 9.26. The Balaban J connectivity index is 0.000000257. The van der Waals surface area contributed by atoms with Crippen LogP contribution in [0.15, 0.2) is 48.5 Å². The second-order valence-electron chi connectivity index (χ2n) is 4.82. The van der Waals surface area contributed by atoms with Crippen molar-refractivity contribution in [1.82, 2.24) is 0 Å². The molecule has 0 heterocycles. The summed E-state index contributed by atoms with van der Waals surface area (Å²) in [5.41, 5.74) is 0.562. The Kier molecular flexibility index (Phi) is 7.39. The Bertz CT molecular complexity index is 714. The fourth-order valence-corrected chi connectivity index (χ4v) is 1.78. The maximum absolute atomic E-state index is 10.4. The second-order valence-corrected chi connectivity index (χ2v) is 4.82. The molecule has 0 saturated carbocycles. The van der Waals surface area contributed by atoms with Gasteiger partial charge in [-0.1, -0.05) is 36.4 Å². The summed E-state index contributed by atoms with van der Waals surface area (Å²) in [6, 6.07) is 12.1. The first kappa shape index (κ1) is 19.9. The summed E-state index contributed by atoms with van der Waals surface area (Å²) in [5.74, 6) is -2.55. The first-order valence-corrected chi connectivity index (χ1v) is 7.01. The van der Waals surface area contributed by atoms with E-state index in [4.69, 9.17) is 20.1 Å². The zero-order valence-electron chi connectivity index (χ0n) is 13.2. The van der Waals surface area contributed by atoms with Crippen LogP contribution >= 0.6 is 0 Å². The van der Waals surface area contributed by atoms with Gasteiger partial charge in [0.1, 0.15) is 0 Å². The summed E-state index contributed by atoms with van der Waals surface area (Å²) < 4.78 is 4.76. The van der Waals surface area contributed by atoms with E-state index >= 15 is 0 Å². The monoisotopic (exact) mass is 350 g/mol. The van der Waals surface area contributed by atoms with Crippen molar-refractivity contribution >= 4 is 11.9 Å². The predicted octanol–water partition coefficient (Wildman–Crippen LogP) is 1.32. The van der Waals surface area contributed by atoms with Gasteiger partial charge in [-0.3, -0.25) is 0 Å². The molecule has 0 amide bonds. The Morgan fingerprint density at radius 3 is 1.88 bits per heavy atom. The number of benzene rings is 2. The Hall–Kier alpha value is -3.10. The number of ether oxygens (including phenoxy) is 1. The van der Waals surface area contributed by atoms with Crippen molar-refractivity contribution < 1.29 is 39.9 Å². The maximum Gasteiger partial charge on any atom is 0.337 e. The molecule has 25 heavy (non-hydrogen) atoms. The van der Waals surface area contributed by atoms with Gasteiger partial charge in [-0.25, -0.2) is 9.59 Å². The van der Waals surface area contributed by atoms with Gasteiger partial charge < -0.3 is 30.3 Å². The highest BCUT2D eigenvalue weighted by Crippen LogP contribution is 2.28. The topological polar surface area (TPSA) is 145 Å². The van der Waals surface area contributed by atoms with Crippen LogP contribution in [0.1, 0.15) is 23.3 Å². The van der Waals surface area contributed by atoms with Crippen molar-refractivity contribution in [2.45, 2.75) is 12.2 Å². The van der Waals surface area contributed by atoms with Crippen LogP contribution in [0, 0.1) is 0 Å². The van der Waals surface area contributed by atoms with E-state index in [0.717, 1.165) is 0 Å². The van der Waals surface area contributed by atoms with E-state index in [0.29, 0.717) is 5.56 Å². The Labute approximate surface area is 143 Å². The molecule has 0 aliphatic heterocycles. The SMILES string of the molecule is COc1cc(C(O)C(=O)O)ccc1O.O=C(O)C(O)c1ccccc1. The first-order valence-electron chi connectivity index (χ1n) is 7.01. The lowest BCUT2D eigenvalue weighted by atomic mass is 10.1. The van der Waals surface area contributed by atoms with Crippen LogP contribution in [-0.4, -0.2) is 44.6 Å². The van der Waals surface area contributed by atoms with Gasteiger partial charge in [0.15, 0.2) is 23.7 Å². The Morgan fingerprint density at radius 2 is 1.40 bits per heavy atom. The minimum absolute atomic E-state index is 0.103. The number of aliphatic hydroxyl groups excluding tert-OH is 2. The lowest BCUT2D eigenvalue weighted by Crippen LogP contribution is -2.10. The maximum atomic E-state index is 10.4. The van der Waals surface area contributed by atoms with E-state index in [9.17, 15) is 19.8 Å². The molecule has 8 nitrogen and oxygen atoms in total. The zero-order chi connectivity index (χ0) is 19.0. The van der Waals surface area contributed by atoms with Crippen LogP contribution < -0.4 is 4.74 Å². The van der Waals surface area contributed by atoms with Gasteiger partial charge in [0.25, 0.3) is 0 Å². The van der Waals surface area contributed by atoms with Gasteiger partial charge in [-0.05, 0) is 23.3 Å². The van der Waals surface area contributed by atoms with Gasteiger partial charge in [0.2, 0.25) is 0 Å². The molecule has 0 radical (unpaired) electrons. The van der Waals surface area contributed by atoms with Crippen molar-refractivity contribution in [2.75, 3.05) is 7.11 Å². The van der Waals surface area contributed by atoms with Crippen LogP contribution in [0.5, 0.6) is 11.5 Å². The minimum Gasteiger partial charge on any atom is -0.504 e. The number of aliphatic carboxylic acids is 2. The van der Waals surface area contributed by atoms with Crippen LogP contribution in [0.3, 0.4) is 0 Å². The Morgan fingerprint density at radius 1 is 0.880 bits per heavy atom. The molecule has 8 heteroatoms. The van der Waals surface area contributed by atoms with Gasteiger partial charge in [-0.15, -0.1) is 0 Å². The third-order valence-electron chi connectivity index (χ3n) is 3.10. The number of hydrogen-bond donors (Lipinski definition) is 5. The average molecular weight is 350 g/mol. The smallest absolute Gasteiger partial charge is 0.337 e. The largest absolute Gasteiger partial charge is 0.504 e. The average Bonchev–Trinajstić information content (AvgIpc) is 2.62. The molecule has 0 aliphatic rings. The quantitative estimate of drug-likeness (QED) is 0.543. The summed E-state index contributed by atoms with van der Waals surface area (Å²) in [6.07, 6.45) is -3.01. The normalized spacial score (nSPS) is 12.3. The number of carboxylic acid groups (broad SMARTS) is 2. The molecular formula is C17H18O8. The molecule has 2 aromatic rings. The van der Waals surface area contributed by atoms with Gasteiger partial charge in [0.05, 0.1) is 7.11 Å². The fraction of sp³-hybridized carbons (Fsp3) is 0.176. The molecule has 0 spiro atoms. The number of aromatic hydroxyl groups is 1. The van der Waals surface area contributed by atoms with Crippen molar-refractivity contribution in [1.29, 1.82) is 0 Å². The minimum atomic E-state index is -1.61. The van der Waals surface area contributed by atoms with Gasteiger partial charge in [-0.2, -0.15) is 0 Å². The summed E-state index contributed by atoms with van der Waals surface area (Å²) in [6.45, 7) is 0. The van der Waals surface area contributed by atoms with E-state index in [-0.39, 0.29) is 17.1 Å². The van der Waals surface area contributed by atoms with Crippen molar-refractivity contribution in [3.05, 3.63) is 59.7 Å². The summed E-state index contributed by atoms with van der Waals surface area (Å²) in [4.78, 5) is 20.7. The van der Waals surface area contributed by atoms with E-state index in [2.05, 4.69) is 0 Å². The first-order chi connectivity index (χ1) is 11.8. The number of aliphatic hydroxyl groups is 2. The molecule has 0 aromatic heterocycles. The number of hydrogen-bond acceptors (Lipinski definition) is 6. The van der Waals surface area contributed by atoms with Crippen LogP contribution in [0.2, 0.25) is 0 Å². The number of carboxylic acids is 2. The van der Waals surface area contributed by atoms with Gasteiger partial charge in [0, 0.05) is 0 Å². The number of phenols is 1. The summed E-state index contributed by atoms with van der Waals surface area (Å²) in [7, 11) is 1.34. The molecule has 0 aliphatic carbocycles. The molecule has 0 fully saturated rings. The number of phenolic OH excluding ortho intramolecular Hbond substituents is 1.